The Morgan fingerprint density at radius 3 is 2.89 bits per heavy atom. The number of carbonyl (C=O) groups is 1. The van der Waals surface area contributed by atoms with Gasteiger partial charge in [-0.25, -0.2) is 0 Å². The zero-order chi connectivity index (χ0) is 13.0. The quantitative estimate of drug-likeness (QED) is 0.632. The largest absolute Gasteiger partial charge is 0.454 e. The van der Waals surface area contributed by atoms with E-state index in [4.69, 9.17) is 15.2 Å². The lowest BCUT2D eigenvalue weighted by molar-refractivity contribution is -0.116. The van der Waals surface area contributed by atoms with Crippen molar-refractivity contribution in [3.8, 4) is 11.5 Å². The number of anilines is 2. The molecule has 1 aromatic rings. The van der Waals surface area contributed by atoms with Crippen molar-refractivity contribution >= 4 is 29.0 Å². The van der Waals surface area contributed by atoms with Crippen LogP contribution in [0.4, 0.5) is 11.4 Å². The highest BCUT2D eigenvalue weighted by molar-refractivity contribution is 7.98. The predicted molar refractivity (Wildman–Crippen MR) is 73.2 cm³/mol. The minimum Gasteiger partial charge on any atom is -0.454 e. The van der Waals surface area contributed by atoms with Crippen LogP contribution in [0.5, 0.6) is 11.5 Å². The minimum atomic E-state index is -0.0328. The molecule has 5 nitrogen and oxygen atoms in total. The number of thioether (sulfide) groups is 1. The highest BCUT2D eigenvalue weighted by atomic mass is 32.2. The molecule has 0 aromatic heterocycles. The second-order valence-electron chi connectivity index (χ2n) is 3.94. The number of hydrogen-bond donors (Lipinski definition) is 2. The lowest BCUT2D eigenvalue weighted by Crippen LogP contribution is -2.12. The first-order chi connectivity index (χ1) is 8.70. The SMILES string of the molecule is CSCCCC(=O)Nc1cc2c(cc1N)OCO2. The first-order valence-electron chi connectivity index (χ1n) is 5.68. The van der Waals surface area contributed by atoms with Crippen molar-refractivity contribution in [2.75, 3.05) is 29.9 Å². The van der Waals surface area contributed by atoms with E-state index in [1.807, 2.05) is 6.26 Å². The number of nitrogen functional groups attached to an aromatic ring is 1. The fourth-order valence-electron chi connectivity index (χ4n) is 1.66. The summed E-state index contributed by atoms with van der Waals surface area (Å²) in [5.74, 6) is 2.18. The minimum absolute atomic E-state index is 0.0328. The van der Waals surface area contributed by atoms with E-state index >= 15 is 0 Å². The summed E-state index contributed by atoms with van der Waals surface area (Å²) in [6.45, 7) is 0.194. The van der Waals surface area contributed by atoms with Gasteiger partial charge in [-0.15, -0.1) is 0 Å². The number of nitrogens with one attached hydrogen (secondary N) is 1. The molecule has 0 unspecified atom stereocenters. The van der Waals surface area contributed by atoms with Crippen molar-refractivity contribution in [3.05, 3.63) is 12.1 Å². The van der Waals surface area contributed by atoms with Gasteiger partial charge in [0.1, 0.15) is 0 Å². The first kappa shape index (κ1) is 12.9. The Morgan fingerprint density at radius 2 is 2.17 bits per heavy atom. The topological polar surface area (TPSA) is 73.6 Å². The Labute approximate surface area is 110 Å². The molecule has 1 amide bonds. The number of rotatable bonds is 5. The summed E-state index contributed by atoms with van der Waals surface area (Å²) in [5, 5.41) is 2.79. The summed E-state index contributed by atoms with van der Waals surface area (Å²) < 4.78 is 10.4. The van der Waals surface area contributed by atoms with Gasteiger partial charge in [-0.3, -0.25) is 4.79 Å². The van der Waals surface area contributed by atoms with Crippen LogP contribution in [0.1, 0.15) is 12.8 Å². The Kier molecular flexibility index (Phi) is 4.19. The standard InChI is InChI=1S/C12H16N2O3S/c1-18-4-2-3-12(15)14-9-6-11-10(5-8(9)13)16-7-17-11/h5-6H,2-4,7,13H2,1H3,(H,14,15). The monoisotopic (exact) mass is 268 g/mol. The highest BCUT2D eigenvalue weighted by Gasteiger charge is 2.17. The highest BCUT2D eigenvalue weighted by Crippen LogP contribution is 2.38. The third kappa shape index (κ3) is 3.01. The van der Waals surface area contributed by atoms with Gasteiger partial charge in [-0.2, -0.15) is 11.8 Å². The summed E-state index contributed by atoms with van der Waals surface area (Å²) >= 11 is 1.73. The summed E-state index contributed by atoms with van der Waals surface area (Å²) in [4.78, 5) is 11.7. The van der Waals surface area contributed by atoms with Crippen molar-refractivity contribution in [1.29, 1.82) is 0 Å². The van der Waals surface area contributed by atoms with Gasteiger partial charge >= 0.3 is 0 Å². The number of nitrogens with two attached hydrogens (primary N) is 1. The molecule has 0 radical (unpaired) electrons. The van der Waals surface area contributed by atoms with Crippen LogP contribution in [0.3, 0.4) is 0 Å². The van der Waals surface area contributed by atoms with Gasteiger partial charge in [0.25, 0.3) is 0 Å². The van der Waals surface area contributed by atoms with Crippen LogP contribution in [-0.4, -0.2) is 24.7 Å². The van der Waals surface area contributed by atoms with Crippen LogP contribution in [0.15, 0.2) is 12.1 Å². The zero-order valence-electron chi connectivity index (χ0n) is 10.2. The fraction of sp³-hybridized carbons (Fsp3) is 0.417. The molecule has 0 saturated carbocycles. The smallest absolute Gasteiger partial charge is 0.231 e. The van der Waals surface area contributed by atoms with Crippen LogP contribution < -0.4 is 20.5 Å². The van der Waals surface area contributed by atoms with E-state index in [9.17, 15) is 4.79 Å². The molecular formula is C12H16N2O3S. The Morgan fingerprint density at radius 1 is 1.44 bits per heavy atom. The molecule has 0 spiro atoms. The molecule has 1 heterocycles. The molecule has 0 fully saturated rings. The van der Waals surface area contributed by atoms with Crippen LogP contribution in [0.2, 0.25) is 0 Å². The van der Waals surface area contributed by atoms with Crippen LogP contribution in [-0.2, 0) is 4.79 Å². The van der Waals surface area contributed by atoms with Gasteiger partial charge in [0.15, 0.2) is 11.5 Å². The number of amides is 1. The molecule has 6 heteroatoms. The maximum absolute atomic E-state index is 11.7. The average molecular weight is 268 g/mol. The van der Waals surface area contributed by atoms with E-state index in [0.29, 0.717) is 29.3 Å². The van der Waals surface area contributed by atoms with Gasteiger partial charge in [0.05, 0.1) is 11.4 Å². The maximum Gasteiger partial charge on any atom is 0.231 e. The number of hydrogen-bond acceptors (Lipinski definition) is 5. The van der Waals surface area contributed by atoms with Crippen molar-refractivity contribution in [2.45, 2.75) is 12.8 Å². The van der Waals surface area contributed by atoms with Crippen LogP contribution in [0.25, 0.3) is 0 Å². The molecule has 0 atom stereocenters. The molecule has 0 bridgehead atoms. The second kappa shape index (κ2) is 5.86. The lowest BCUT2D eigenvalue weighted by atomic mass is 10.2. The van der Waals surface area contributed by atoms with E-state index in [0.717, 1.165) is 12.2 Å². The lowest BCUT2D eigenvalue weighted by Gasteiger charge is -2.09. The number of benzene rings is 1. The maximum atomic E-state index is 11.7. The number of fused-ring (bicyclic) bond motifs is 1. The molecule has 1 aliphatic rings. The number of ether oxygens (including phenoxy) is 2. The molecule has 0 saturated heterocycles. The Balaban J connectivity index is 1.99. The molecule has 1 aliphatic heterocycles. The molecule has 0 aliphatic carbocycles. The molecule has 18 heavy (non-hydrogen) atoms. The summed E-state index contributed by atoms with van der Waals surface area (Å²) in [5.41, 5.74) is 6.90. The van der Waals surface area contributed by atoms with Crippen LogP contribution >= 0.6 is 11.8 Å². The summed E-state index contributed by atoms with van der Waals surface area (Å²) in [6, 6.07) is 3.37. The fourth-order valence-corrected chi connectivity index (χ4v) is 2.09. The zero-order valence-corrected chi connectivity index (χ0v) is 11.0. The summed E-state index contributed by atoms with van der Waals surface area (Å²) in [6.07, 6.45) is 3.37. The Hall–Kier alpha value is -1.56. The second-order valence-corrected chi connectivity index (χ2v) is 4.92. The van der Waals surface area contributed by atoms with E-state index in [1.165, 1.54) is 0 Å². The van der Waals surface area contributed by atoms with Crippen molar-refractivity contribution < 1.29 is 14.3 Å². The third-order valence-corrected chi connectivity index (χ3v) is 3.27. The van der Waals surface area contributed by atoms with Crippen molar-refractivity contribution in [1.82, 2.24) is 0 Å². The van der Waals surface area contributed by atoms with E-state index in [2.05, 4.69) is 5.32 Å². The van der Waals surface area contributed by atoms with E-state index in [-0.39, 0.29) is 12.7 Å². The molecular weight excluding hydrogens is 252 g/mol. The number of carbonyl (C=O) groups excluding carboxylic acids is 1. The van der Waals surface area contributed by atoms with Gasteiger partial charge in [0.2, 0.25) is 12.7 Å². The third-order valence-electron chi connectivity index (χ3n) is 2.57. The Bertz CT molecular complexity index is 451. The van der Waals surface area contributed by atoms with Gasteiger partial charge in [-0.1, -0.05) is 0 Å². The predicted octanol–water partition coefficient (Wildman–Crippen LogP) is 2.08. The van der Waals surface area contributed by atoms with Gasteiger partial charge in [-0.05, 0) is 18.4 Å². The molecule has 2 rings (SSSR count). The molecule has 1 aromatic carbocycles. The normalized spacial score (nSPS) is 12.5. The summed E-state index contributed by atoms with van der Waals surface area (Å²) in [7, 11) is 0. The van der Waals surface area contributed by atoms with Gasteiger partial charge in [0, 0.05) is 18.6 Å². The van der Waals surface area contributed by atoms with Crippen molar-refractivity contribution in [2.24, 2.45) is 0 Å². The molecule has 3 N–H and O–H groups in total. The molecule has 98 valence electrons. The first-order valence-corrected chi connectivity index (χ1v) is 7.08. The van der Waals surface area contributed by atoms with E-state index in [1.54, 1.807) is 23.9 Å². The van der Waals surface area contributed by atoms with Gasteiger partial charge < -0.3 is 20.5 Å². The van der Waals surface area contributed by atoms with Crippen LogP contribution in [0, 0.1) is 0 Å². The van der Waals surface area contributed by atoms with E-state index < -0.39 is 0 Å². The van der Waals surface area contributed by atoms with Crippen molar-refractivity contribution in [3.63, 3.8) is 0 Å². The average Bonchev–Trinajstić information content (AvgIpc) is 2.77.